The third-order valence-corrected chi connectivity index (χ3v) is 5.80. The maximum atomic E-state index is 12.9. The second-order valence-corrected chi connectivity index (χ2v) is 7.92. The largest absolute Gasteiger partial charge is 0.416 e. The predicted octanol–water partition coefficient (Wildman–Crippen LogP) is 4.30. The summed E-state index contributed by atoms with van der Waals surface area (Å²) in [4.78, 5) is 19.4. The molecule has 0 spiro atoms. The van der Waals surface area contributed by atoms with Crippen molar-refractivity contribution in [1.82, 2.24) is 30.1 Å². The van der Waals surface area contributed by atoms with Crippen molar-refractivity contribution in [2.75, 3.05) is 13.1 Å². The highest BCUT2D eigenvalue weighted by atomic mass is 35.5. The van der Waals surface area contributed by atoms with E-state index in [0.717, 1.165) is 43.8 Å². The molecule has 1 aliphatic heterocycles. The minimum Gasteiger partial charge on any atom is -0.334 e. The lowest BCUT2D eigenvalue weighted by atomic mass is 9.94. The van der Waals surface area contributed by atoms with Crippen LogP contribution in [0.2, 0.25) is 5.02 Å². The van der Waals surface area contributed by atoms with Gasteiger partial charge < -0.3 is 14.8 Å². The van der Waals surface area contributed by atoms with E-state index in [4.69, 9.17) is 16.1 Å². The van der Waals surface area contributed by atoms with Gasteiger partial charge in [-0.05, 0) is 44.1 Å². The highest BCUT2D eigenvalue weighted by Gasteiger charge is 2.31. The van der Waals surface area contributed by atoms with Crippen LogP contribution >= 0.6 is 24.0 Å². The van der Waals surface area contributed by atoms with E-state index in [-0.39, 0.29) is 46.2 Å². The molecule has 1 saturated heterocycles. The van der Waals surface area contributed by atoms with Crippen LogP contribution in [0, 0.1) is 0 Å². The molecule has 0 saturated carbocycles. The molecule has 0 radical (unpaired) electrons. The zero-order valence-corrected chi connectivity index (χ0v) is 18.4. The van der Waals surface area contributed by atoms with Gasteiger partial charge in [-0.1, -0.05) is 16.8 Å². The molecular formula is C20H17Cl2F3N6O2. The van der Waals surface area contributed by atoms with E-state index in [2.05, 4.69) is 25.5 Å². The average Bonchev–Trinajstić information content (AvgIpc) is 3.40. The maximum Gasteiger partial charge on any atom is 0.416 e. The Balaban J connectivity index is 0.00000259. The number of halogens is 5. The first-order valence-corrected chi connectivity index (χ1v) is 10.2. The summed E-state index contributed by atoms with van der Waals surface area (Å²) in [5.74, 6) is 0.264. The van der Waals surface area contributed by atoms with Gasteiger partial charge in [-0.3, -0.25) is 4.79 Å². The molecule has 0 atom stereocenters. The van der Waals surface area contributed by atoms with Crippen LogP contribution in [-0.4, -0.2) is 37.8 Å². The van der Waals surface area contributed by atoms with Gasteiger partial charge in [-0.15, -0.1) is 12.4 Å². The first kappa shape index (κ1) is 23.3. The van der Waals surface area contributed by atoms with Gasteiger partial charge in [0.15, 0.2) is 0 Å². The summed E-state index contributed by atoms with van der Waals surface area (Å²) in [6, 6.07) is 4.42. The number of fused-ring (bicyclic) bond motifs is 1. The van der Waals surface area contributed by atoms with E-state index < -0.39 is 11.7 Å². The number of hydrogen-bond acceptors (Lipinski definition) is 6. The van der Waals surface area contributed by atoms with E-state index in [1.807, 2.05) is 0 Å². The normalized spacial score (nSPS) is 15.0. The second kappa shape index (κ2) is 8.81. The molecule has 5 rings (SSSR count). The van der Waals surface area contributed by atoms with E-state index in [9.17, 15) is 18.0 Å². The summed E-state index contributed by atoms with van der Waals surface area (Å²) in [5.41, 5.74) is 0.650. The van der Waals surface area contributed by atoms with Gasteiger partial charge in [0.1, 0.15) is 5.65 Å². The number of rotatable bonds is 3. The van der Waals surface area contributed by atoms with Crippen molar-refractivity contribution in [2.45, 2.75) is 24.9 Å². The lowest BCUT2D eigenvalue weighted by Gasteiger charge is -2.23. The molecule has 4 heterocycles. The quantitative estimate of drug-likeness (QED) is 0.434. The number of nitrogens with one attached hydrogen (secondary N) is 2. The third-order valence-electron chi connectivity index (χ3n) is 5.49. The van der Waals surface area contributed by atoms with Crippen LogP contribution in [0.5, 0.6) is 0 Å². The number of hydrogen-bond donors (Lipinski definition) is 2. The topological polar surface area (TPSA) is 101 Å². The van der Waals surface area contributed by atoms with Crippen molar-refractivity contribution in [3.63, 3.8) is 0 Å². The third kappa shape index (κ3) is 4.35. The number of piperidine rings is 1. The van der Waals surface area contributed by atoms with Gasteiger partial charge in [-0.25, -0.2) is 4.52 Å². The summed E-state index contributed by atoms with van der Waals surface area (Å²) < 4.78 is 45.6. The average molecular weight is 501 g/mol. The van der Waals surface area contributed by atoms with Gasteiger partial charge in [0.2, 0.25) is 5.82 Å². The van der Waals surface area contributed by atoms with Crippen LogP contribution in [0.4, 0.5) is 13.2 Å². The molecule has 1 aliphatic rings. The fraction of sp³-hybridized carbons (Fsp3) is 0.300. The fourth-order valence-electron chi connectivity index (χ4n) is 3.89. The van der Waals surface area contributed by atoms with Crippen LogP contribution in [0.3, 0.4) is 0 Å². The van der Waals surface area contributed by atoms with Crippen molar-refractivity contribution >= 4 is 29.7 Å². The molecule has 4 aromatic rings. The number of aromatic amines is 1. The van der Waals surface area contributed by atoms with E-state index in [1.54, 1.807) is 10.6 Å². The lowest BCUT2D eigenvalue weighted by molar-refractivity contribution is -0.137. The number of benzene rings is 1. The van der Waals surface area contributed by atoms with Crippen LogP contribution in [0.15, 0.2) is 39.8 Å². The summed E-state index contributed by atoms with van der Waals surface area (Å²) >= 11 is 6.03. The zero-order chi connectivity index (χ0) is 22.5. The highest BCUT2D eigenvalue weighted by molar-refractivity contribution is 6.33. The molecule has 174 valence electrons. The van der Waals surface area contributed by atoms with Crippen LogP contribution < -0.4 is 10.9 Å². The molecule has 0 amide bonds. The molecule has 2 N–H and O–H groups in total. The Morgan fingerprint density at radius 3 is 2.61 bits per heavy atom. The fourth-order valence-corrected chi connectivity index (χ4v) is 4.15. The smallest absolute Gasteiger partial charge is 0.334 e. The SMILES string of the molecule is Cl.O=c1cc(C2CCNCC2)n2ncc(-c3noc(-c4ccc(C(F)(F)F)cc4Cl)n3)c2[nH]1. The maximum absolute atomic E-state index is 12.9. The highest BCUT2D eigenvalue weighted by Crippen LogP contribution is 2.36. The standard InChI is InChI=1S/C20H16ClF3N6O2.ClH/c21-14-7-11(20(22,23)24)1-2-12(14)19-28-17(29-32-19)13-9-26-30-15(8-16(31)27-18(13)30)10-3-5-25-6-4-10;/h1-2,7-10,25H,3-6H2,(H,27,31);1H. The summed E-state index contributed by atoms with van der Waals surface area (Å²) in [5, 5.41) is 11.4. The Labute approximate surface area is 195 Å². The molecule has 3 aromatic heterocycles. The molecule has 1 fully saturated rings. The van der Waals surface area contributed by atoms with Gasteiger partial charge in [0.25, 0.3) is 11.4 Å². The van der Waals surface area contributed by atoms with Gasteiger partial charge >= 0.3 is 6.18 Å². The zero-order valence-electron chi connectivity index (χ0n) is 16.8. The molecular weight excluding hydrogens is 484 g/mol. The molecule has 8 nitrogen and oxygen atoms in total. The van der Waals surface area contributed by atoms with Crippen molar-refractivity contribution in [3.05, 3.63) is 57.1 Å². The summed E-state index contributed by atoms with van der Waals surface area (Å²) in [6.45, 7) is 1.71. The van der Waals surface area contributed by atoms with Gasteiger partial charge in [-0.2, -0.15) is 23.3 Å². The predicted molar refractivity (Wildman–Crippen MR) is 117 cm³/mol. The molecule has 0 aliphatic carbocycles. The number of nitrogens with zero attached hydrogens (tertiary/aromatic N) is 4. The van der Waals surface area contributed by atoms with Crippen molar-refractivity contribution < 1.29 is 17.7 Å². The first-order chi connectivity index (χ1) is 15.3. The monoisotopic (exact) mass is 500 g/mol. The van der Waals surface area contributed by atoms with Crippen molar-refractivity contribution in [2.24, 2.45) is 0 Å². The lowest BCUT2D eigenvalue weighted by Crippen LogP contribution is -2.28. The van der Waals surface area contributed by atoms with Crippen molar-refractivity contribution in [3.8, 4) is 22.8 Å². The number of H-pyrrole nitrogens is 1. The van der Waals surface area contributed by atoms with Gasteiger partial charge in [0.05, 0.1) is 33.6 Å². The molecule has 0 unspecified atom stereocenters. The Hall–Kier alpha value is -2.89. The minimum atomic E-state index is -4.52. The van der Waals surface area contributed by atoms with Crippen molar-refractivity contribution in [1.29, 1.82) is 0 Å². The number of alkyl halides is 3. The molecule has 1 aromatic carbocycles. The van der Waals surface area contributed by atoms with Crippen LogP contribution in [0.25, 0.3) is 28.5 Å². The molecule has 13 heteroatoms. The Bertz CT molecular complexity index is 1360. The number of aromatic nitrogens is 5. The Morgan fingerprint density at radius 2 is 1.91 bits per heavy atom. The Morgan fingerprint density at radius 1 is 1.15 bits per heavy atom. The minimum absolute atomic E-state index is 0. The van der Waals surface area contributed by atoms with Crippen LogP contribution in [0.1, 0.15) is 30.0 Å². The first-order valence-electron chi connectivity index (χ1n) is 9.84. The van der Waals surface area contributed by atoms with Crippen LogP contribution in [-0.2, 0) is 6.18 Å². The second-order valence-electron chi connectivity index (χ2n) is 7.52. The van der Waals surface area contributed by atoms with Gasteiger partial charge in [0, 0.05) is 12.0 Å². The molecule has 0 bridgehead atoms. The van der Waals surface area contributed by atoms with E-state index in [0.29, 0.717) is 11.2 Å². The summed E-state index contributed by atoms with van der Waals surface area (Å²) in [6.07, 6.45) is -1.24. The molecule has 33 heavy (non-hydrogen) atoms. The Kier molecular flexibility index (Phi) is 6.21. The van der Waals surface area contributed by atoms with E-state index >= 15 is 0 Å². The summed E-state index contributed by atoms with van der Waals surface area (Å²) in [7, 11) is 0. The van der Waals surface area contributed by atoms with E-state index in [1.165, 1.54) is 12.3 Å².